The molecule has 7 nitrogen and oxygen atoms in total. The first-order chi connectivity index (χ1) is 7.99. The van der Waals surface area contributed by atoms with Crippen molar-refractivity contribution in [3.63, 3.8) is 0 Å². The first-order valence-corrected chi connectivity index (χ1v) is 5.23. The summed E-state index contributed by atoms with van der Waals surface area (Å²) in [7, 11) is 0. The number of carbonyl (C=O) groups is 2. The van der Waals surface area contributed by atoms with Gasteiger partial charge in [-0.1, -0.05) is 0 Å². The first-order valence-electron chi connectivity index (χ1n) is 5.23. The zero-order valence-electron chi connectivity index (χ0n) is 9.25. The average molecular weight is 239 g/mol. The van der Waals surface area contributed by atoms with Crippen molar-refractivity contribution in [2.45, 2.75) is 25.5 Å². The lowest BCUT2D eigenvalue weighted by atomic mass is 10.2. The van der Waals surface area contributed by atoms with E-state index >= 15 is 0 Å². The van der Waals surface area contributed by atoms with Crippen molar-refractivity contribution >= 4 is 11.9 Å². The molecule has 1 aromatic rings. The summed E-state index contributed by atoms with van der Waals surface area (Å²) in [6.45, 7) is 1.78. The minimum Gasteiger partial charge on any atom is -0.480 e. The van der Waals surface area contributed by atoms with Crippen molar-refractivity contribution in [3.05, 3.63) is 17.5 Å². The zero-order chi connectivity index (χ0) is 12.6. The molecule has 2 heterocycles. The Morgan fingerprint density at radius 2 is 2.29 bits per heavy atom. The van der Waals surface area contributed by atoms with E-state index in [0.717, 1.165) is 10.6 Å². The molecule has 0 bridgehead atoms. The number of carboxylic acids is 1. The number of hydrogen-bond donors (Lipinski definition) is 3. The molecule has 0 saturated carbocycles. The number of aliphatic hydroxyl groups is 1. The first kappa shape index (κ1) is 11.6. The molecular weight excluding hydrogens is 226 g/mol. The Morgan fingerprint density at radius 3 is 2.82 bits per heavy atom. The van der Waals surface area contributed by atoms with Crippen molar-refractivity contribution in [1.82, 2.24) is 15.1 Å². The summed E-state index contributed by atoms with van der Waals surface area (Å²) in [5.74, 6) is -1.58. The molecule has 1 aromatic heterocycles. The van der Waals surface area contributed by atoms with Crippen LogP contribution in [0, 0.1) is 6.92 Å². The average Bonchev–Trinajstić information content (AvgIpc) is 2.83. The molecule has 1 amide bonds. The summed E-state index contributed by atoms with van der Waals surface area (Å²) >= 11 is 0. The molecule has 17 heavy (non-hydrogen) atoms. The number of hydrogen-bond acceptors (Lipinski definition) is 4. The lowest BCUT2D eigenvalue weighted by molar-refractivity contribution is -0.141. The molecular formula is C10H13N3O4. The van der Waals surface area contributed by atoms with Crippen LogP contribution in [0.4, 0.5) is 0 Å². The molecule has 2 atom stereocenters. The van der Waals surface area contributed by atoms with Gasteiger partial charge in [-0.05, 0) is 13.0 Å². The van der Waals surface area contributed by atoms with Crippen molar-refractivity contribution in [3.8, 4) is 0 Å². The largest absolute Gasteiger partial charge is 0.480 e. The second-order valence-corrected chi connectivity index (χ2v) is 4.14. The summed E-state index contributed by atoms with van der Waals surface area (Å²) in [4.78, 5) is 24.1. The van der Waals surface area contributed by atoms with Gasteiger partial charge in [0.2, 0.25) is 0 Å². The smallest absolute Gasteiger partial charge is 0.326 e. The lowest BCUT2D eigenvalue weighted by Gasteiger charge is -2.19. The number of aromatic nitrogens is 2. The summed E-state index contributed by atoms with van der Waals surface area (Å²) in [5, 5.41) is 24.8. The van der Waals surface area contributed by atoms with Gasteiger partial charge in [-0.25, -0.2) is 4.79 Å². The number of likely N-dealkylation sites (tertiary alicyclic amines) is 1. The molecule has 1 fully saturated rings. The zero-order valence-corrected chi connectivity index (χ0v) is 9.25. The highest BCUT2D eigenvalue weighted by Crippen LogP contribution is 2.20. The molecule has 92 valence electrons. The fourth-order valence-electron chi connectivity index (χ4n) is 1.95. The van der Waals surface area contributed by atoms with Gasteiger partial charge in [0, 0.05) is 18.7 Å². The van der Waals surface area contributed by atoms with Crippen LogP contribution in [0.15, 0.2) is 6.07 Å². The lowest BCUT2D eigenvalue weighted by Crippen LogP contribution is -2.40. The molecule has 1 aliphatic rings. The summed E-state index contributed by atoms with van der Waals surface area (Å²) in [5.41, 5.74) is 0.892. The van der Waals surface area contributed by atoms with Crippen molar-refractivity contribution < 1.29 is 19.8 Å². The van der Waals surface area contributed by atoms with Gasteiger partial charge < -0.3 is 15.1 Å². The van der Waals surface area contributed by atoms with Crippen LogP contribution in [-0.2, 0) is 4.79 Å². The van der Waals surface area contributed by atoms with Crippen LogP contribution in [0.3, 0.4) is 0 Å². The van der Waals surface area contributed by atoms with Crippen molar-refractivity contribution in [2.75, 3.05) is 6.54 Å². The monoisotopic (exact) mass is 239 g/mol. The van der Waals surface area contributed by atoms with E-state index in [9.17, 15) is 14.7 Å². The second kappa shape index (κ2) is 4.17. The third kappa shape index (κ3) is 2.14. The maximum atomic E-state index is 12.0. The summed E-state index contributed by atoms with van der Waals surface area (Å²) < 4.78 is 0. The van der Waals surface area contributed by atoms with Crippen LogP contribution in [0.25, 0.3) is 0 Å². The molecule has 1 saturated heterocycles. The second-order valence-electron chi connectivity index (χ2n) is 4.14. The number of rotatable bonds is 2. The van der Waals surface area contributed by atoms with Crippen LogP contribution in [0.2, 0.25) is 0 Å². The standard InChI is InChI=1S/C10H13N3O4/c1-5-2-7(12-11-5)9(15)13-4-6(14)3-8(13)10(16)17/h2,6,8,14H,3-4H2,1H3,(H,11,12)(H,16,17). The van der Waals surface area contributed by atoms with Gasteiger partial charge in [0.25, 0.3) is 5.91 Å². The molecule has 0 spiro atoms. The van der Waals surface area contributed by atoms with E-state index in [0.29, 0.717) is 0 Å². The summed E-state index contributed by atoms with van der Waals surface area (Å²) in [6, 6.07) is 0.570. The predicted molar refractivity (Wildman–Crippen MR) is 56.4 cm³/mol. The summed E-state index contributed by atoms with van der Waals surface area (Å²) in [6.07, 6.45) is -0.732. The maximum Gasteiger partial charge on any atom is 0.326 e. The Bertz CT molecular complexity index is 456. The van der Waals surface area contributed by atoms with Gasteiger partial charge in [-0.2, -0.15) is 5.10 Å². The topological polar surface area (TPSA) is 107 Å². The number of aliphatic hydroxyl groups excluding tert-OH is 1. The van der Waals surface area contributed by atoms with Crippen molar-refractivity contribution in [2.24, 2.45) is 0 Å². The predicted octanol–water partition coefficient (Wildman–Crippen LogP) is -0.622. The minimum atomic E-state index is -1.11. The maximum absolute atomic E-state index is 12.0. The van der Waals surface area contributed by atoms with Gasteiger partial charge in [-0.15, -0.1) is 0 Å². The Morgan fingerprint density at radius 1 is 1.59 bits per heavy atom. The minimum absolute atomic E-state index is 0.0295. The van der Waals surface area contributed by atoms with E-state index in [1.54, 1.807) is 13.0 Å². The SMILES string of the molecule is Cc1cc(C(=O)N2CC(O)CC2C(=O)O)n[nH]1. The molecule has 2 unspecified atom stereocenters. The molecule has 0 radical (unpaired) electrons. The van der Waals surface area contributed by atoms with Gasteiger partial charge in [0.15, 0.2) is 0 Å². The Balaban J connectivity index is 2.21. The third-order valence-corrected chi connectivity index (χ3v) is 2.75. The third-order valence-electron chi connectivity index (χ3n) is 2.75. The fourth-order valence-corrected chi connectivity index (χ4v) is 1.95. The number of carbonyl (C=O) groups excluding carboxylic acids is 1. The van der Waals surface area contributed by atoms with Gasteiger partial charge in [0.05, 0.1) is 6.10 Å². The molecule has 0 aromatic carbocycles. The number of H-pyrrole nitrogens is 1. The highest BCUT2D eigenvalue weighted by atomic mass is 16.4. The molecule has 7 heteroatoms. The highest BCUT2D eigenvalue weighted by Gasteiger charge is 2.39. The number of carboxylic acid groups (broad SMARTS) is 1. The van der Waals surface area contributed by atoms with Crippen LogP contribution in [-0.4, -0.2) is 55.9 Å². The number of aromatic amines is 1. The van der Waals surface area contributed by atoms with Crippen LogP contribution < -0.4 is 0 Å². The number of nitrogens with one attached hydrogen (secondary N) is 1. The normalized spacial score (nSPS) is 24.0. The van der Waals surface area contributed by atoms with E-state index in [2.05, 4.69) is 10.2 Å². The van der Waals surface area contributed by atoms with E-state index in [1.807, 2.05) is 0 Å². The number of amides is 1. The van der Waals surface area contributed by atoms with Gasteiger partial charge in [0.1, 0.15) is 11.7 Å². The van der Waals surface area contributed by atoms with Crippen LogP contribution in [0.1, 0.15) is 22.6 Å². The van der Waals surface area contributed by atoms with Crippen LogP contribution in [0.5, 0.6) is 0 Å². The Kier molecular flexibility index (Phi) is 2.84. The molecule has 1 aliphatic heterocycles. The highest BCUT2D eigenvalue weighted by molar-refractivity contribution is 5.95. The fraction of sp³-hybridized carbons (Fsp3) is 0.500. The number of aryl methyl sites for hydroxylation is 1. The van der Waals surface area contributed by atoms with Gasteiger partial charge in [-0.3, -0.25) is 9.89 Å². The quantitative estimate of drug-likeness (QED) is 0.637. The number of nitrogens with zero attached hydrogens (tertiary/aromatic N) is 2. The Labute approximate surface area is 97.0 Å². The number of β-amino-alcohol motifs (C(OH)–C–C–N with tert-alkyl or cyclic N) is 1. The van der Waals surface area contributed by atoms with E-state index in [4.69, 9.17) is 5.11 Å². The van der Waals surface area contributed by atoms with E-state index in [-0.39, 0.29) is 18.7 Å². The molecule has 0 aliphatic carbocycles. The van der Waals surface area contributed by atoms with Crippen molar-refractivity contribution in [1.29, 1.82) is 0 Å². The van der Waals surface area contributed by atoms with Crippen LogP contribution >= 0.6 is 0 Å². The number of aliphatic carboxylic acids is 1. The van der Waals surface area contributed by atoms with E-state index < -0.39 is 24.0 Å². The Hall–Kier alpha value is -1.89. The van der Waals surface area contributed by atoms with Gasteiger partial charge >= 0.3 is 5.97 Å². The molecule has 2 rings (SSSR count). The van der Waals surface area contributed by atoms with E-state index in [1.165, 1.54) is 0 Å². The molecule has 3 N–H and O–H groups in total.